The first-order valence-corrected chi connectivity index (χ1v) is 5.33. The molecular weight excluding hydrogens is 193 g/mol. The minimum Gasteiger partial charge on any atom is -0.493 e. The van der Waals surface area contributed by atoms with Crippen molar-refractivity contribution < 1.29 is 9.13 Å². The summed E-state index contributed by atoms with van der Waals surface area (Å²) >= 11 is 0. The number of halogens is 1. The average molecular weight is 211 g/mol. The molecule has 84 valence electrons. The molecule has 0 bridgehead atoms. The van der Waals surface area contributed by atoms with Crippen LogP contribution < -0.4 is 10.5 Å². The van der Waals surface area contributed by atoms with Gasteiger partial charge in [0.25, 0.3) is 0 Å². The van der Waals surface area contributed by atoms with Crippen LogP contribution in [0.1, 0.15) is 38.3 Å². The number of rotatable bonds is 5. The first-order valence-electron chi connectivity index (χ1n) is 5.33. The second kappa shape index (κ2) is 5.71. The number of nitrogens with two attached hydrogens (primary N) is 1. The van der Waals surface area contributed by atoms with Gasteiger partial charge in [-0.25, -0.2) is 4.39 Å². The van der Waals surface area contributed by atoms with E-state index in [0.717, 1.165) is 18.4 Å². The molecule has 0 amide bonds. The molecule has 0 aliphatic rings. The van der Waals surface area contributed by atoms with Crippen molar-refractivity contribution in [2.45, 2.75) is 32.7 Å². The lowest BCUT2D eigenvalue weighted by atomic mass is 10.1. The molecule has 0 fully saturated rings. The standard InChI is InChI=1S/C12H18FNO/c1-3-4-7-15-12-8-10(13)5-6-11(12)9(2)14/h5-6,8-9H,3-4,7,14H2,1-2H3/t9-/m0/s1. The van der Waals surface area contributed by atoms with Crippen LogP contribution in [0.4, 0.5) is 4.39 Å². The Morgan fingerprint density at radius 1 is 1.47 bits per heavy atom. The van der Waals surface area contributed by atoms with E-state index in [0.29, 0.717) is 12.4 Å². The van der Waals surface area contributed by atoms with Crippen molar-refractivity contribution >= 4 is 0 Å². The smallest absolute Gasteiger partial charge is 0.126 e. The number of benzene rings is 1. The maximum Gasteiger partial charge on any atom is 0.126 e. The van der Waals surface area contributed by atoms with Crippen LogP contribution in [0.25, 0.3) is 0 Å². The van der Waals surface area contributed by atoms with Crippen LogP contribution in [0.3, 0.4) is 0 Å². The second-order valence-corrected chi connectivity index (χ2v) is 3.67. The Morgan fingerprint density at radius 3 is 2.80 bits per heavy atom. The highest BCUT2D eigenvalue weighted by molar-refractivity contribution is 5.36. The van der Waals surface area contributed by atoms with E-state index in [2.05, 4.69) is 6.92 Å². The first-order chi connectivity index (χ1) is 7.15. The predicted molar refractivity (Wildman–Crippen MR) is 59.4 cm³/mol. The maximum atomic E-state index is 13.0. The van der Waals surface area contributed by atoms with Gasteiger partial charge in [0.2, 0.25) is 0 Å². The fourth-order valence-corrected chi connectivity index (χ4v) is 1.34. The topological polar surface area (TPSA) is 35.2 Å². The van der Waals surface area contributed by atoms with Crippen LogP contribution in [0.5, 0.6) is 5.75 Å². The van der Waals surface area contributed by atoms with Crippen molar-refractivity contribution in [3.63, 3.8) is 0 Å². The largest absolute Gasteiger partial charge is 0.493 e. The summed E-state index contributed by atoms with van der Waals surface area (Å²) in [6, 6.07) is 4.35. The molecule has 0 saturated heterocycles. The van der Waals surface area contributed by atoms with Gasteiger partial charge in [-0.05, 0) is 19.4 Å². The van der Waals surface area contributed by atoms with Gasteiger partial charge in [0, 0.05) is 17.7 Å². The monoisotopic (exact) mass is 211 g/mol. The summed E-state index contributed by atoms with van der Waals surface area (Å²) in [5.74, 6) is 0.282. The summed E-state index contributed by atoms with van der Waals surface area (Å²) in [4.78, 5) is 0. The zero-order valence-corrected chi connectivity index (χ0v) is 9.29. The fraction of sp³-hybridized carbons (Fsp3) is 0.500. The Kier molecular flexibility index (Phi) is 4.56. The summed E-state index contributed by atoms with van der Waals surface area (Å²) in [5, 5.41) is 0. The van der Waals surface area contributed by atoms with Crippen molar-refractivity contribution in [3.05, 3.63) is 29.6 Å². The third kappa shape index (κ3) is 3.51. The lowest BCUT2D eigenvalue weighted by molar-refractivity contribution is 0.303. The van der Waals surface area contributed by atoms with Crippen molar-refractivity contribution in [1.82, 2.24) is 0 Å². The van der Waals surface area contributed by atoms with Gasteiger partial charge in [0.15, 0.2) is 0 Å². The van der Waals surface area contributed by atoms with Gasteiger partial charge in [-0.3, -0.25) is 0 Å². The van der Waals surface area contributed by atoms with Crippen molar-refractivity contribution in [2.24, 2.45) is 5.73 Å². The van der Waals surface area contributed by atoms with E-state index in [1.807, 2.05) is 6.92 Å². The normalized spacial score (nSPS) is 12.5. The molecule has 0 aromatic heterocycles. The summed E-state index contributed by atoms with van der Waals surface area (Å²) in [6.45, 7) is 4.56. The molecule has 1 aromatic rings. The van der Waals surface area contributed by atoms with Crippen molar-refractivity contribution in [2.75, 3.05) is 6.61 Å². The third-order valence-corrected chi connectivity index (χ3v) is 2.22. The lowest BCUT2D eigenvalue weighted by Crippen LogP contribution is -2.09. The highest BCUT2D eigenvalue weighted by Gasteiger charge is 2.08. The number of ether oxygens (including phenoxy) is 1. The average Bonchev–Trinajstić information content (AvgIpc) is 2.18. The first kappa shape index (κ1) is 12.0. The molecule has 0 unspecified atom stereocenters. The molecule has 0 aliphatic carbocycles. The number of hydrogen-bond donors (Lipinski definition) is 1. The summed E-state index contributed by atoms with van der Waals surface area (Å²) in [6.07, 6.45) is 2.03. The van der Waals surface area contributed by atoms with Gasteiger partial charge in [-0.2, -0.15) is 0 Å². The molecule has 1 rings (SSSR count). The minimum absolute atomic E-state index is 0.137. The Hall–Kier alpha value is -1.09. The SMILES string of the molecule is CCCCOc1cc(F)ccc1[C@H](C)N. The predicted octanol–water partition coefficient (Wildman–Crippen LogP) is 3.02. The molecule has 0 saturated carbocycles. The van der Waals surface area contributed by atoms with Crippen LogP contribution in [-0.4, -0.2) is 6.61 Å². The molecule has 15 heavy (non-hydrogen) atoms. The van der Waals surface area contributed by atoms with Crippen LogP contribution in [0.2, 0.25) is 0 Å². The Morgan fingerprint density at radius 2 is 2.20 bits per heavy atom. The van der Waals surface area contributed by atoms with E-state index < -0.39 is 0 Å². The zero-order valence-electron chi connectivity index (χ0n) is 9.29. The van der Waals surface area contributed by atoms with E-state index in [-0.39, 0.29) is 11.9 Å². The van der Waals surface area contributed by atoms with Gasteiger partial charge >= 0.3 is 0 Å². The Labute approximate surface area is 90.2 Å². The van der Waals surface area contributed by atoms with E-state index in [1.54, 1.807) is 6.07 Å². The third-order valence-electron chi connectivity index (χ3n) is 2.22. The molecule has 2 nitrogen and oxygen atoms in total. The Bertz CT molecular complexity index is 312. The van der Waals surface area contributed by atoms with Crippen LogP contribution in [0.15, 0.2) is 18.2 Å². The number of unbranched alkanes of at least 4 members (excludes halogenated alkanes) is 1. The molecular formula is C12H18FNO. The maximum absolute atomic E-state index is 13.0. The van der Waals surface area contributed by atoms with Crippen molar-refractivity contribution in [1.29, 1.82) is 0 Å². The van der Waals surface area contributed by atoms with E-state index in [1.165, 1.54) is 12.1 Å². The van der Waals surface area contributed by atoms with Crippen LogP contribution in [-0.2, 0) is 0 Å². The Balaban J connectivity index is 2.77. The fourth-order valence-electron chi connectivity index (χ4n) is 1.34. The molecule has 2 N–H and O–H groups in total. The molecule has 0 aliphatic heterocycles. The second-order valence-electron chi connectivity index (χ2n) is 3.67. The highest BCUT2D eigenvalue weighted by atomic mass is 19.1. The van der Waals surface area contributed by atoms with Crippen LogP contribution >= 0.6 is 0 Å². The van der Waals surface area contributed by atoms with Gasteiger partial charge < -0.3 is 10.5 Å². The van der Waals surface area contributed by atoms with Crippen molar-refractivity contribution in [3.8, 4) is 5.75 Å². The molecule has 0 spiro atoms. The summed E-state index contributed by atoms with van der Waals surface area (Å²) in [7, 11) is 0. The molecule has 0 heterocycles. The highest BCUT2D eigenvalue weighted by Crippen LogP contribution is 2.24. The molecule has 3 heteroatoms. The minimum atomic E-state index is -0.286. The van der Waals surface area contributed by atoms with Crippen LogP contribution in [0, 0.1) is 5.82 Å². The molecule has 1 atom stereocenters. The van der Waals surface area contributed by atoms with E-state index in [9.17, 15) is 4.39 Å². The zero-order chi connectivity index (χ0) is 11.3. The van der Waals surface area contributed by atoms with E-state index >= 15 is 0 Å². The number of hydrogen-bond acceptors (Lipinski definition) is 2. The quantitative estimate of drug-likeness (QED) is 0.760. The molecule has 0 radical (unpaired) electrons. The van der Waals surface area contributed by atoms with Gasteiger partial charge in [0.1, 0.15) is 11.6 Å². The van der Waals surface area contributed by atoms with Gasteiger partial charge in [0.05, 0.1) is 6.61 Å². The van der Waals surface area contributed by atoms with Gasteiger partial charge in [-0.1, -0.05) is 19.4 Å². The summed E-state index contributed by atoms with van der Waals surface area (Å²) in [5.41, 5.74) is 6.62. The molecule has 1 aromatic carbocycles. The summed E-state index contributed by atoms with van der Waals surface area (Å²) < 4.78 is 18.5. The lowest BCUT2D eigenvalue weighted by Gasteiger charge is -2.13. The van der Waals surface area contributed by atoms with E-state index in [4.69, 9.17) is 10.5 Å². The van der Waals surface area contributed by atoms with Gasteiger partial charge in [-0.15, -0.1) is 0 Å².